The Morgan fingerprint density at radius 2 is 1.63 bits per heavy atom. The number of carbonyl (C=O) groups excluding carboxylic acids is 1. The standard InChI is InChI=1S/C19H27N5O3/c1-10-18(11(2)22(3)20-10)14-7-15(23(4)21-14)19(27)24-8-12-5-16(25)17(26)6-13(12)9-24/h7,12-13,16-17,25-26H,5-6,8-9H2,1-4H3/t12-,13+,16+,17-. The number of aliphatic hydroxyl groups excluding tert-OH is 2. The second-order valence-corrected chi connectivity index (χ2v) is 8.04. The van der Waals surface area contributed by atoms with Crippen molar-refractivity contribution in [2.75, 3.05) is 13.1 Å². The molecule has 3 heterocycles. The van der Waals surface area contributed by atoms with Gasteiger partial charge in [0, 0.05) is 38.4 Å². The molecule has 8 heteroatoms. The molecule has 0 bridgehead atoms. The first kappa shape index (κ1) is 18.2. The fraction of sp³-hybridized carbons (Fsp3) is 0.632. The first-order chi connectivity index (χ1) is 12.8. The van der Waals surface area contributed by atoms with Gasteiger partial charge in [0.2, 0.25) is 0 Å². The molecule has 0 aromatic carbocycles. The monoisotopic (exact) mass is 373 g/mol. The zero-order valence-corrected chi connectivity index (χ0v) is 16.3. The van der Waals surface area contributed by atoms with Crippen molar-refractivity contribution >= 4 is 5.91 Å². The van der Waals surface area contributed by atoms with Gasteiger partial charge in [-0.15, -0.1) is 0 Å². The van der Waals surface area contributed by atoms with E-state index in [1.807, 2.05) is 36.5 Å². The summed E-state index contributed by atoms with van der Waals surface area (Å²) in [5.74, 6) is 0.458. The average Bonchev–Trinajstić information content (AvgIpc) is 3.24. The number of carbonyl (C=O) groups is 1. The predicted molar refractivity (Wildman–Crippen MR) is 99.0 cm³/mol. The lowest BCUT2D eigenvalue weighted by Crippen LogP contribution is -2.38. The minimum atomic E-state index is -0.680. The number of amides is 1. The van der Waals surface area contributed by atoms with E-state index < -0.39 is 12.2 Å². The third kappa shape index (κ3) is 2.96. The molecule has 2 N–H and O–H groups in total. The van der Waals surface area contributed by atoms with Crippen molar-refractivity contribution < 1.29 is 15.0 Å². The minimum Gasteiger partial charge on any atom is -0.390 e. The van der Waals surface area contributed by atoms with E-state index in [1.54, 1.807) is 11.7 Å². The van der Waals surface area contributed by atoms with Crippen molar-refractivity contribution in [3.05, 3.63) is 23.1 Å². The Morgan fingerprint density at radius 1 is 1.04 bits per heavy atom. The zero-order valence-electron chi connectivity index (χ0n) is 16.3. The van der Waals surface area contributed by atoms with E-state index in [-0.39, 0.29) is 17.7 Å². The summed E-state index contributed by atoms with van der Waals surface area (Å²) in [5, 5.41) is 28.8. The highest BCUT2D eigenvalue weighted by molar-refractivity contribution is 5.94. The van der Waals surface area contributed by atoms with Crippen molar-refractivity contribution in [3.63, 3.8) is 0 Å². The van der Waals surface area contributed by atoms with Crippen LogP contribution in [0.1, 0.15) is 34.7 Å². The third-order valence-electron chi connectivity index (χ3n) is 6.26. The van der Waals surface area contributed by atoms with Crippen molar-refractivity contribution in [1.82, 2.24) is 24.5 Å². The molecule has 27 heavy (non-hydrogen) atoms. The Balaban J connectivity index is 1.58. The normalized spacial score (nSPS) is 27.9. The van der Waals surface area contributed by atoms with Crippen molar-refractivity contribution in [2.45, 2.75) is 38.9 Å². The summed E-state index contributed by atoms with van der Waals surface area (Å²) in [6, 6.07) is 1.84. The van der Waals surface area contributed by atoms with Gasteiger partial charge < -0.3 is 15.1 Å². The molecule has 2 fully saturated rings. The van der Waals surface area contributed by atoms with Crippen LogP contribution in [0.4, 0.5) is 0 Å². The lowest BCUT2D eigenvalue weighted by molar-refractivity contribution is -0.0372. The Hall–Kier alpha value is -2.19. The highest BCUT2D eigenvalue weighted by atomic mass is 16.3. The molecule has 0 radical (unpaired) electrons. The van der Waals surface area contributed by atoms with Gasteiger partial charge in [-0.3, -0.25) is 14.2 Å². The van der Waals surface area contributed by atoms with Gasteiger partial charge in [-0.25, -0.2) is 0 Å². The van der Waals surface area contributed by atoms with Crippen LogP contribution in [-0.4, -0.2) is 65.9 Å². The number of hydrogen-bond donors (Lipinski definition) is 2. The highest BCUT2D eigenvalue weighted by Gasteiger charge is 2.43. The van der Waals surface area contributed by atoms with Crippen LogP contribution in [0.3, 0.4) is 0 Å². The molecule has 1 aliphatic carbocycles. The lowest BCUT2D eigenvalue weighted by atomic mass is 9.79. The molecular weight excluding hydrogens is 346 g/mol. The number of likely N-dealkylation sites (tertiary alicyclic amines) is 1. The number of rotatable bonds is 2. The summed E-state index contributed by atoms with van der Waals surface area (Å²) in [7, 11) is 3.68. The first-order valence-corrected chi connectivity index (χ1v) is 9.46. The predicted octanol–water partition coefficient (Wildman–Crippen LogP) is 0.641. The molecule has 0 spiro atoms. The van der Waals surface area contributed by atoms with Crippen LogP contribution in [-0.2, 0) is 14.1 Å². The molecule has 8 nitrogen and oxygen atoms in total. The fourth-order valence-corrected chi connectivity index (χ4v) is 4.67. The molecule has 1 saturated heterocycles. The highest BCUT2D eigenvalue weighted by Crippen LogP contribution is 2.37. The molecule has 1 aliphatic heterocycles. The number of aliphatic hydroxyl groups is 2. The maximum Gasteiger partial charge on any atom is 0.272 e. The Kier molecular flexibility index (Phi) is 4.35. The van der Waals surface area contributed by atoms with Gasteiger partial charge in [0.25, 0.3) is 5.91 Å². The summed E-state index contributed by atoms with van der Waals surface area (Å²) in [6.07, 6.45) is -0.247. The molecule has 4 rings (SSSR count). The molecule has 2 aliphatic rings. The SMILES string of the molecule is Cc1nn(C)c(C)c1-c1cc(C(=O)N2C[C@H]3C[C@H](O)[C@H](O)C[C@H]3C2)n(C)n1. The Morgan fingerprint density at radius 3 is 2.15 bits per heavy atom. The van der Waals surface area contributed by atoms with Gasteiger partial charge >= 0.3 is 0 Å². The van der Waals surface area contributed by atoms with Gasteiger partial charge in [0.05, 0.1) is 23.6 Å². The largest absolute Gasteiger partial charge is 0.390 e. The van der Waals surface area contributed by atoms with Crippen LogP contribution in [0, 0.1) is 25.7 Å². The van der Waals surface area contributed by atoms with Gasteiger partial charge in [-0.2, -0.15) is 10.2 Å². The second-order valence-electron chi connectivity index (χ2n) is 8.04. The third-order valence-corrected chi connectivity index (χ3v) is 6.26. The number of hydrogen-bond acceptors (Lipinski definition) is 5. The number of fused-ring (bicyclic) bond motifs is 1. The zero-order chi connectivity index (χ0) is 19.5. The first-order valence-electron chi connectivity index (χ1n) is 9.46. The quantitative estimate of drug-likeness (QED) is 0.805. The van der Waals surface area contributed by atoms with Crippen LogP contribution >= 0.6 is 0 Å². The topological polar surface area (TPSA) is 96.4 Å². The molecule has 1 amide bonds. The lowest BCUT2D eigenvalue weighted by Gasteiger charge is -2.31. The maximum atomic E-state index is 13.1. The van der Waals surface area contributed by atoms with E-state index in [2.05, 4.69) is 10.2 Å². The van der Waals surface area contributed by atoms with Crippen molar-refractivity contribution in [2.24, 2.45) is 25.9 Å². The summed E-state index contributed by atoms with van der Waals surface area (Å²) in [5.41, 5.74) is 4.18. The summed E-state index contributed by atoms with van der Waals surface area (Å²) < 4.78 is 3.46. The van der Waals surface area contributed by atoms with E-state index in [9.17, 15) is 15.0 Å². The molecule has 2 aromatic rings. The van der Waals surface area contributed by atoms with Gasteiger partial charge in [0.1, 0.15) is 5.69 Å². The van der Waals surface area contributed by atoms with Crippen LogP contribution < -0.4 is 0 Å². The van der Waals surface area contributed by atoms with Crippen molar-refractivity contribution in [3.8, 4) is 11.3 Å². The maximum absolute atomic E-state index is 13.1. The Bertz CT molecular complexity index is 868. The molecular formula is C19H27N5O3. The van der Waals surface area contributed by atoms with Gasteiger partial charge in [0.15, 0.2) is 0 Å². The van der Waals surface area contributed by atoms with E-state index in [4.69, 9.17) is 0 Å². The molecule has 1 saturated carbocycles. The van der Waals surface area contributed by atoms with Crippen LogP contribution in [0.5, 0.6) is 0 Å². The van der Waals surface area contributed by atoms with E-state index in [0.717, 1.165) is 22.6 Å². The van der Waals surface area contributed by atoms with E-state index >= 15 is 0 Å². The molecule has 0 unspecified atom stereocenters. The van der Waals surface area contributed by atoms with Crippen LogP contribution in [0.2, 0.25) is 0 Å². The molecule has 2 aromatic heterocycles. The fourth-order valence-electron chi connectivity index (χ4n) is 4.67. The second kappa shape index (κ2) is 6.45. The molecule has 146 valence electrons. The smallest absolute Gasteiger partial charge is 0.272 e. The summed E-state index contributed by atoms with van der Waals surface area (Å²) in [6.45, 7) is 5.19. The summed E-state index contributed by atoms with van der Waals surface area (Å²) >= 11 is 0. The number of nitrogens with zero attached hydrogens (tertiary/aromatic N) is 5. The van der Waals surface area contributed by atoms with Crippen molar-refractivity contribution in [1.29, 1.82) is 0 Å². The minimum absolute atomic E-state index is 0.0474. The van der Waals surface area contributed by atoms with Gasteiger partial charge in [-0.05, 0) is 44.6 Å². The van der Waals surface area contributed by atoms with Gasteiger partial charge in [-0.1, -0.05) is 0 Å². The van der Waals surface area contributed by atoms with E-state index in [1.165, 1.54) is 0 Å². The van der Waals surface area contributed by atoms with Crippen LogP contribution in [0.25, 0.3) is 11.3 Å². The Labute approximate surface area is 158 Å². The van der Waals surface area contributed by atoms with E-state index in [0.29, 0.717) is 31.6 Å². The average molecular weight is 373 g/mol. The summed E-state index contributed by atoms with van der Waals surface area (Å²) in [4.78, 5) is 15.0. The number of aryl methyl sites for hydroxylation is 3. The molecule has 4 atom stereocenters. The van der Waals surface area contributed by atoms with Crippen LogP contribution in [0.15, 0.2) is 6.07 Å². The number of aromatic nitrogens is 4.